The molecule has 6 nitrogen and oxygen atoms in total. The fourth-order valence-corrected chi connectivity index (χ4v) is 1.95. The standard InChI is InChI=1S/C11H16N2O4/c14-8-7-12-3-5-13(6-4-12)10-2-1-9(17-10)11(15)16/h1-2,14H,3-8H2,(H,15,16). The highest BCUT2D eigenvalue weighted by molar-refractivity contribution is 5.84. The van der Waals surface area contributed by atoms with Crippen LogP contribution in [0.2, 0.25) is 0 Å². The van der Waals surface area contributed by atoms with Gasteiger partial charge in [0.2, 0.25) is 5.76 Å². The van der Waals surface area contributed by atoms with Gasteiger partial charge in [0.25, 0.3) is 0 Å². The molecule has 6 heteroatoms. The Morgan fingerprint density at radius 1 is 1.29 bits per heavy atom. The zero-order valence-corrected chi connectivity index (χ0v) is 9.50. The average molecular weight is 240 g/mol. The van der Waals surface area contributed by atoms with Gasteiger partial charge in [0.05, 0.1) is 6.61 Å². The maximum atomic E-state index is 10.7. The summed E-state index contributed by atoms with van der Waals surface area (Å²) in [7, 11) is 0. The summed E-state index contributed by atoms with van der Waals surface area (Å²) in [5, 5.41) is 17.6. The lowest BCUT2D eigenvalue weighted by Crippen LogP contribution is -2.47. The Morgan fingerprint density at radius 2 is 2.00 bits per heavy atom. The molecule has 1 aromatic heterocycles. The van der Waals surface area contributed by atoms with E-state index in [9.17, 15) is 4.79 Å². The Balaban J connectivity index is 1.93. The number of anilines is 1. The number of rotatable bonds is 4. The van der Waals surface area contributed by atoms with Gasteiger partial charge in [-0.25, -0.2) is 4.79 Å². The molecule has 94 valence electrons. The number of β-amino-alcohol motifs (C(OH)–C–C–N with tert-alkyl or cyclic N) is 1. The molecule has 0 aromatic carbocycles. The van der Waals surface area contributed by atoms with Crippen LogP contribution in [0, 0.1) is 0 Å². The number of piperazine rings is 1. The van der Waals surface area contributed by atoms with Gasteiger partial charge in [-0.05, 0) is 6.07 Å². The van der Waals surface area contributed by atoms with Crippen molar-refractivity contribution in [3.05, 3.63) is 17.9 Å². The molecule has 0 bridgehead atoms. The van der Waals surface area contributed by atoms with Crippen LogP contribution in [-0.2, 0) is 0 Å². The van der Waals surface area contributed by atoms with Crippen LogP contribution in [0.4, 0.5) is 5.88 Å². The molecular formula is C11H16N2O4. The Morgan fingerprint density at radius 3 is 2.53 bits per heavy atom. The maximum Gasteiger partial charge on any atom is 0.371 e. The molecule has 17 heavy (non-hydrogen) atoms. The summed E-state index contributed by atoms with van der Waals surface area (Å²) in [6, 6.07) is 3.16. The molecule has 2 N–H and O–H groups in total. The minimum atomic E-state index is -1.05. The molecule has 0 saturated carbocycles. The Bertz CT molecular complexity index is 383. The van der Waals surface area contributed by atoms with Crippen molar-refractivity contribution in [1.29, 1.82) is 0 Å². The normalized spacial score (nSPS) is 17.4. The molecule has 1 saturated heterocycles. The highest BCUT2D eigenvalue weighted by Gasteiger charge is 2.20. The second-order valence-electron chi connectivity index (χ2n) is 4.00. The van der Waals surface area contributed by atoms with Crippen molar-refractivity contribution in [2.45, 2.75) is 0 Å². The topological polar surface area (TPSA) is 77.2 Å². The lowest BCUT2D eigenvalue weighted by Gasteiger charge is -2.34. The molecule has 1 fully saturated rings. The first-order valence-corrected chi connectivity index (χ1v) is 5.62. The number of carboxylic acid groups (broad SMARTS) is 1. The van der Waals surface area contributed by atoms with E-state index in [0.717, 1.165) is 26.2 Å². The van der Waals surface area contributed by atoms with Gasteiger partial charge in [-0.2, -0.15) is 0 Å². The average Bonchev–Trinajstić information content (AvgIpc) is 2.80. The monoisotopic (exact) mass is 240 g/mol. The van der Waals surface area contributed by atoms with E-state index in [-0.39, 0.29) is 12.4 Å². The SMILES string of the molecule is O=C(O)c1ccc(N2CCN(CCO)CC2)o1. The summed E-state index contributed by atoms with van der Waals surface area (Å²) in [6.45, 7) is 4.13. The van der Waals surface area contributed by atoms with E-state index < -0.39 is 5.97 Å². The van der Waals surface area contributed by atoms with Gasteiger partial charge in [-0.3, -0.25) is 4.90 Å². The number of hydrogen-bond donors (Lipinski definition) is 2. The number of carboxylic acids is 1. The number of hydrogen-bond acceptors (Lipinski definition) is 5. The minimum Gasteiger partial charge on any atom is -0.475 e. The summed E-state index contributed by atoms with van der Waals surface area (Å²) < 4.78 is 5.24. The van der Waals surface area contributed by atoms with E-state index in [4.69, 9.17) is 14.6 Å². The van der Waals surface area contributed by atoms with Gasteiger partial charge in [0.15, 0.2) is 5.88 Å². The zero-order chi connectivity index (χ0) is 12.3. The van der Waals surface area contributed by atoms with E-state index in [0.29, 0.717) is 12.4 Å². The van der Waals surface area contributed by atoms with Crippen molar-refractivity contribution in [1.82, 2.24) is 4.90 Å². The quantitative estimate of drug-likeness (QED) is 0.777. The van der Waals surface area contributed by atoms with Gasteiger partial charge in [-0.1, -0.05) is 0 Å². The van der Waals surface area contributed by atoms with E-state index >= 15 is 0 Å². The van der Waals surface area contributed by atoms with Crippen LogP contribution >= 0.6 is 0 Å². The van der Waals surface area contributed by atoms with Crippen LogP contribution in [0.15, 0.2) is 16.5 Å². The molecule has 2 heterocycles. The van der Waals surface area contributed by atoms with Crippen LogP contribution in [0.25, 0.3) is 0 Å². The Labute approximate surface area is 99.0 Å². The van der Waals surface area contributed by atoms with Crippen molar-refractivity contribution in [3.8, 4) is 0 Å². The van der Waals surface area contributed by atoms with E-state index in [1.165, 1.54) is 6.07 Å². The maximum absolute atomic E-state index is 10.7. The van der Waals surface area contributed by atoms with Crippen molar-refractivity contribution < 1.29 is 19.4 Å². The first kappa shape index (κ1) is 11.9. The van der Waals surface area contributed by atoms with E-state index in [2.05, 4.69) is 4.90 Å². The Hall–Kier alpha value is -1.53. The summed E-state index contributed by atoms with van der Waals surface area (Å²) in [5.74, 6) is -0.473. The van der Waals surface area contributed by atoms with Gasteiger partial charge in [0, 0.05) is 38.8 Å². The lowest BCUT2D eigenvalue weighted by molar-refractivity contribution is 0.0662. The summed E-state index contributed by atoms with van der Waals surface area (Å²) in [6.07, 6.45) is 0. The van der Waals surface area contributed by atoms with E-state index in [1.54, 1.807) is 6.07 Å². The number of aromatic carboxylic acids is 1. The van der Waals surface area contributed by atoms with E-state index in [1.807, 2.05) is 4.90 Å². The van der Waals surface area contributed by atoms with Crippen LogP contribution in [0.5, 0.6) is 0 Å². The highest BCUT2D eigenvalue weighted by Crippen LogP contribution is 2.19. The highest BCUT2D eigenvalue weighted by atomic mass is 16.4. The van der Waals surface area contributed by atoms with Gasteiger partial charge >= 0.3 is 5.97 Å². The van der Waals surface area contributed by atoms with Gasteiger partial charge < -0.3 is 19.5 Å². The first-order valence-electron chi connectivity index (χ1n) is 5.62. The molecule has 0 aliphatic carbocycles. The first-order chi connectivity index (χ1) is 8.20. The molecule has 1 aromatic rings. The zero-order valence-electron chi connectivity index (χ0n) is 9.50. The molecule has 0 amide bonds. The van der Waals surface area contributed by atoms with Crippen LogP contribution < -0.4 is 4.90 Å². The van der Waals surface area contributed by atoms with Crippen molar-refractivity contribution >= 4 is 11.9 Å². The third kappa shape index (κ3) is 2.78. The minimum absolute atomic E-state index is 0.0298. The third-order valence-electron chi connectivity index (χ3n) is 2.90. The number of furan rings is 1. The van der Waals surface area contributed by atoms with Gasteiger partial charge in [-0.15, -0.1) is 0 Å². The van der Waals surface area contributed by atoms with Crippen molar-refractivity contribution in [3.63, 3.8) is 0 Å². The van der Waals surface area contributed by atoms with Crippen LogP contribution in [0.1, 0.15) is 10.6 Å². The van der Waals surface area contributed by atoms with Crippen LogP contribution in [-0.4, -0.2) is 60.4 Å². The molecular weight excluding hydrogens is 224 g/mol. The van der Waals surface area contributed by atoms with Gasteiger partial charge in [0.1, 0.15) is 0 Å². The molecule has 0 spiro atoms. The number of aliphatic hydroxyl groups excluding tert-OH is 1. The second kappa shape index (κ2) is 5.20. The lowest BCUT2D eigenvalue weighted by atomic mass is 10.3. The largest absolute Gasteiger partial charge is 0.475 e. The number of carbonyl (C=O) groups is 1. The third-order valence-corrected chi connectivity index (χ3v) is 2.90. The smallest absolute Gasteiger partial charge is 0.371 e. The fraction of sp³-hybridized carbons (Fsp3) is 0.545. The number of aliphatic hydroxyl groups is 1. The molecule has 0 unspecified atom stereocenters. The molecule has 0 radical (unpaired) electrons. The summed E-state index contributed by atoms with van der Waals surface area (Å²) in [4.78, 5) is 14.9. The number of nitrogens with zero attached hydrogens (tertiary/aromatic N) is 2. The van der Waals surface area contributed by atoms with Crippen molar-refractivity contribution in [2.24, 2.45) is 0 Å². The van der Waals surface area contributed by atoms with Crippen LogP contribution in [0.3, 0.4) is 0 Å². The summed E-state index contributed by atoms with van der Waals surface area (Å²) in [5.41, 5.74) is 0. The van der Waals surface area contributed by atoms with Crippen molar-refractivity contribution in [2.75, 3.05) is 44.2 Å². The molecule has 1 aliphatic rings. The molecule has 0 atom stereocenters. The predicted octanol–water partition coefficient (Wildman–Crippen LogP) is 0.0921. The fourth-order valence-electron chi connectivity index (χ4n) is 1.95. The Kier molecular flexibility index (Phi) is 3.65. The second-order valence-corrected chi connectivity index (χ2v) is 4.00. The molecule has 2 rings (SSSR count). The summed E-state index contributed by atoms with van der Waals surface area (Å²) >= 11 is 0. The predicted molar refractivity (Wildman–Crippen MR) is 61.4 cm³/mol. The molecule has 1 aliphatic heterocycles.